The molecule has 0 unspecified atom stereocenters. The van der Waals surface area contributed by atoms with Crippen molar-refractivity contribution in [2.75, 3.05) is 20.1 Å². The number of aryl methyl sites for hydroxylation is 1. The first-order valence-electron chi connectivity index (χ1n) is 8.32. The van der Waals surface area contributed by atoms with Crippen LogP contribution >= 0.6 is 0 Å². The van der Waals surface area contributed by atoms with Crippen molar-refractivity contribution in [2.45, 2.75) is 45.7 Å². The smallest absolute Gasteiger partial charge is 0.255 e. The zero-order chi connectivity index (χ0) is 16.6. The maximum Gasteiger partial charge on any atom is 0.255 e. The van der Waals surface area contributed by atoms with Gasteiger partial charge in [0.15, 0.2) is 5.65 Å². The second-order valence-corrected chi connectivity index (χ2v) is 6.57. The summed E-state index contributed by atoms with van der Waals surface area (Å²) in [6.07, 6.45) is 3.80. The molecule has 0 atom stereocenters. The molecule has 3 heterocycles. The Morgan fingerprint density at radius 3 is 2.65 bits per heavy atom. The molecule has 124 valence electrons. The van der Waals surface area contributed by atoms with Crippen LogP contribution in [0.15, 0.2) is 12.3 Å². The molecule has 23 heavy (non-hydrogen) atoms. The van der Waals surface area contributed by atoms with E-state index in [1.165, 1.54) is 0 Å². The Morgan fingerprint density at radius 2 is 2.04 bits per heavy atom. The van der Waals surface area contributed by atoms with Gasteiger partial charge in [0.1, 0.15) is 0 Å². The lowest BCUT2D eigenvalue weighted by Gasteiger charge is -2.32. The summed E-state index contributed by atoms with van der Waals surface area (Å²) in [7, 11) is 1.98. The van der Waals surface area contributed by atoms with Gasteiger partial charge in [-0.15, -0.1) is 0 Å². The van der Waals surface area contributed by atoms with Crippen LogP contribution in [-0.4, -0.2) is 51.8 Å². The first-order chi connectivity index (χ1) is 11.0. The summed E-state index contributed by atoms with van der Waals surface area (Å²) in [6, 6.07) is 2.71. The highest BCUT2D eigenvalue weighted by molar-refractivity contribution is 5.98. The van der Waals surface area contributed by atoms with Gasteiger partial charge in [-0.05, 0) is 46.7 Å². The molecule has 0 spiro atoms. The number of hydrogen-bond donors (Lipinski definition) is 1. The highest BCUT2D eigenvalue weighted by Crippen LogP contribution is 2.21. The minimum absolute atomic E-state index is 0.0868. The molecule has 1 aliphatic heterocycles. The Labute approximate surface area is 136 Å². The molecule has 1 amide bonds. The Kier molecular flexibility index (Phi) is 4.35. The number of aromatic nitrogens is 3. The average Bonchev–Trinajstić information content (AvgIpc) is 2.96. The third-order valence-electron chi connectivity index (χ3n) is 4.67. The number of carbonyl (C=O) groups is 1. The van der Waals surface area contributed by atoms with Crippen molar-refractivity contribution >= 4 is 16.9 Å². The van der Waals surface area contributed by atoms with E-state index in [9.17, 15) is 4.79 Å². The van der Waals surface area contributed by atoms with Gasteiger partial charge < -0.3 is 10.2 Å². The minimum atomic E-state index is 0.0868. The molecule has 0 aromatic carbocycles. The highest BCUT2D eigenvalue weighted by atomic mass is 16.2. The maximum atomic E-state index is 12.8. The number of piperidine rings is 1. The van der Waals surface area contributed by atoms with E-state index in [0.717, 1.165) is 42.7 Å². The van der Waals surface area contributed by atoms with Crippen molar-refractivity contribution in [1.29, 1.82) is 0 Å². The van der Waals surface area contributed by atoms with E-state index < -0.39 is 0 Å². The lowest BCUT2D eigenvalue weighted by atomic mass is 10.0. The molecular weight excluding hydrogens is 290 g/mol. The Morgan fingerprint density at radius 1 is 1.35 bits per heavy atom. The van der Waals surface area contributed by atoms with E-state index in [1.54, 1.807) is 6.20 Å². The fourth-order valence-electron chi connectivity index (χ4n) is 3.20. The van der Waals surface area contributed by atoms with Gasteiger partial charge in [-0.3, -0.25) is 4.79 Å². The van der Waals surface area contributed by atoms with Gasteiger partial charge in [0.2, 0.25) is 0 Å². The van der Waals surface area contributed by atoms with Crippen LogP contribution in [0, 0.1) is 6.92 Å². The summed E-state index contributed by atoms with van der Waals surface area (Å²) in [5, 5.41) is 8.61. The number of hydrogen-bond acceptors (Lipinski definition) is 4. The number of amides is 1. The SMILES string of the molecule is CNC1CCN(C(=O)c2cc3cnn(C(C)C)c3nc2C)CC1. The van der Waals surface area contributed by atoms with E-state index in [1.807, 2.05) is 29.6 Å². The highest BCUT2D eigenvalue weighted by Gasteiger charge is 2.24. The maximum absolute atomic E-state index is 12.8. The van der Waals surface area contributed by atoms with Crippen molar-refractivity contribution in [3.63, 3.8) is 0 Å². The largest absolute Gasteiger partial charge is 0.338 e. The number of pyridine rings is 1. The third kappa shape index (κ3) is 2.95. The molecule has 0 aliphatic carbocycles. The molecule has 1 N–H and O–H groups in total. The number of carbonyl (C=O) groups excluding carboxylic acids is 1. The Bertz CT molecular complexity index is 713. The van der Waals surface area contributed by atoms with Crippen LogP contribution in [0.4, 0.5) is 0 Å². The first-order valence-corrected chi connectivity index (χ1v) is 8.32. The zero-order valence-electron chi connectivity index (χ0n) is 14.3. The second-order valence-electron chi connectivity index (χ2n) is 6.57. The van der Waals surface area contributed by atoms with Gasteiger partial charge >= 0.3 is 0 Å². The Hall–Kier alpha value is -1.95. The monoisotopic (exact) mass is 315 g/mol. The van der Waals surface area contributed by atoms with Gasteiger partial charge in [0.05, 0.1) is 17.5 Å². The number of likely N-dealkylation sites (tertiary alicyclic amines) is 1. The molecule has 3 rings (SSSR count). The van der Waals surface area contributed by atoms with E-state index in [4.69, 9.17) is 0 Å². The molecule has 0 saturated carbocycles. The van der Waals surface area contributed by atoms with E-state index >= 15 is 0 Å². The molecule has 6 nitrogen and oxygen atoms in total. The van der Waals surface area contributed by atoms with Crippen molar-refractivity contribution in [3.05, 3.63) is 23.5 Å². The van der Waals surface area contributed by atoms with Gasteiger partial charge in [-0.25, -0.2) is 9.67 Å². The molecule has 6 heteroatoms. The fraction of sp³-hybridized carbons (Fsp3) is 0.588. The summed E-state index contributed by atoms with van der Waals surface area (Å²) < 4.78 is 1.90. The van der Waals surface area contributed by atoms with Gasteiger partial charge in [0.25, 0.3) is 5.91 Å². The summed E-state index contributed by atoms with van der Waals surface area (Å²) in [5.41, 5.74) is 2.33. The molecular formula is C17H25N5O. The standard InChI is InChI=1S/C17H25N5O/c1-11(2)22-16-13(10-19-22)9-15(12(3)20-16)17(23)21-7-5-14(18-4)6-8-21/h9-11,14,18H,5-8H2,1-4H3. The molecule has 1 fully saturated rings. The number of nitrogens with zero attached hydrogens (tertiary/aromatic N) is 4. The van der Waals surface area contributed by atoms with Crippen LogP contribution < -0.4 is 5.32 Å². The third-order valence-corrected chi connectivity index (χ3v) is 4.67. The molecule has 0 bridgehead atoms. The average molecular weight is 315 g/mol. The molecule has 2 aromatic rings. The van der Waals surface area contributed by atoms with E-state index in [-0.39, 0.29) is 11.9 Å². The number of rotatable bonds is 3. The molecule has 2 aromatic heterocycles. The lowest BCUT2D eigenvalue weighted by Crippen LogP contribution is -2.44. The second kappa shape index (κ2) is 6.28. The summed E-state index contributed by atoms with van der Waals surface area (Å²) in [4.78, 5) is 19.4. The Balaban J connectivity index is 1.88. The minimum Gasteiger partial charge on any atom is -0.338 e. The van der Waals surface area contributed by atoms with Gasteiger partial charge in [-0.1, -0.05) is 0 Å². The quantitative estimate of drug-likeness (QED) is 0.942. The molecule has 1 aliphatic rings. The van der Waals surface area contributed by atoms with Crippen molar-refractivity contribution in [2.24, 2.45) is 0 Å². The van der Waals surface area contributed by atoms with Gasteiger partial charge in [0, 0.05) is 30.6 Å². The van der Waals surface area contributed by atoms with Crippen LogP contribution in [0.1, 0.15) is 48.8 Å². The summed E-state index contributed by atoms with van der Waals surface area (Å²) in [5.74, 6) is 0.0868. The number of fused-ring (bicyclic) bond motifs is 1. The summed E-state index contributed by atoms with van der Waals surface area (Å²) >= 11 is 0. The predicted molar refractivity (Wildman–Crippen MR) is 90.6 cm³/mol. The van der Waals surface area contributed by atoms with E-state index in [0.29, 0.717) is 11.6 Å². The van der Waals surface area contributed by atoms with Crippen LogP contribution in [0.25, 0.3) is 11.0 Å². The van der Waals surface area contributed by atoms with Crippen LogP contribution in [0.5, 0.6) is 0 Å². The van der Waals surface area contributed by atoms with Crippen molar-refractivity contribution in [3.8, 4) is 0 Å². The first kappa shape index (κ1) is 15.9. The molecule has 0 radical (unpaired) electrons. The molecule has 1 saturated heterocycles. The lowest BCUT2D eigenvalue weighted by molar-refractivity contribution is 0.0706. The normalized spacial score (nSPS) is 16.5. The number of nitrogens with one attached hydrogen (secondary N) is 1. The van der Waals surface area contributed by atoms with Crippen LogP contribution in [-0.2, 0) is 0 Å². The van der Waals surface area contributed by atoms with Crippen molar-refractivity contribution < 1.29 is 4.79 Å². The zero-order valence-corrected chi connectivity index (χ0v) is 14.3. The predicted octanol–water partition coefficient (Wildman–Crippen LogP) is 2.14. The van der Waals surface area contributed by atoms with E-state index in [2.05, 4.69) is 29.2 Å². The topological polar surface area (TPSA) is 63.1 Å². The fourth-order valence-corrected chi connectivity index (χ4v) is 3.20. The van der Waals surface area contributed by atoms with Gasteiger partial charge in [-0.2, -0.15) is 5.10 Å². The summed E-state index contributed by atoms with van der Waals surface area (Å²) in [6.45, 7) is 7.66. The van der Waals surface area contributed by atoms with Crippen molar-refractivity contribution in [1.82, 2.24) is 25.0 Å². The van der Waals surface area contributed by atoms with Crippen LogP contribution in [0.3, 0.4) is 0 Å². The van der Waals surface area contributed by atoms with Crippen LogP contribution in [0.2, 0.25) is 0 Å².